The Bertz CT molecular complexity index is 510. The number of carboxylic acid groups (broad SMARTS) is 1. The normalized spacial score (nSPS) is 11.1. The van der Waals surface area contributed by atoms with Gasteiger partial charge in [-0.2, -0.15) is 0 Å². The van der Waals surface area contributed by atoms with E-state index in [9.17, 15) is 4.79 Å². The summed E-state index contributed by atoms with van der Waals surface area (Å²) >= 11 is 11.3. The second-order valence-corrected chi connectivity index (χ2v) is 4.06. The Hall–Kier alpha value is -1.65. The maximum Gasteiger partial charge on any atom is 0.328 e. The van der Waals surface area contributed by atoms with Gasteiger partial charge in [-0.25, -0.2) is 4.79 Å². The van der Waals surface area contributed by atoms with Gasteiger partial charge in [0.15, 0.2) is 11.5 Å². The summed E-state index contributed by atoms with van der Waals surface area (Å²) in [6, 6.07) is 3.17. The molecule has 4 nitrogen and oxygen atoms in total. The van der Waals surface area contributed by atoms with Crippen LogP contribution in [-0.4, -0.2) is 24.8 Å². The molecule has 0 aliphatic rings. The Balaban J connectivity index is 3.16. The number of methoxy groups -OCH3 is 1. The molecular weight excluding hydrogens is 291 g/mol. The second-order valence-electron chi connectivity index (χ2n) is 3.37. The molecule has 102 valence electrons. The highest BCUT2D eigenvalue weighted by molar-refractivity contribution is 6.31. The molecule has 0 heterocycles. The van der Waals surface area contributed by atoms with Crippen molar-refractivity contribution in [2.45, 2.75) is 0 Å². The maximum absolute atomic E-state index is 10.6. The molecule has 1 rings (SSSR count). The highest BCUT2D eigenvalue weighted by Gasteiger charge is 2.11. The van der Waals surface area contributed by atoms with Crippen LogP contribution in [0.1, 0.15) is 5.56 Å². The van der Waals surface area contributed by atoms with Gasteiger partial charge in [-0.1, -0.05) is 23.2 Å². The summed E-state index contributed by atoms with van der Waals surface area (Å²) in [6.45, 7) is 0.232. The van der Waals surface area contributed by atoms with Gasteiger partial charge in [0.1, 0.15) is 6.61 Å². The van der Waals surface area contributed by atoms with Crippen LogP contribution in [0.2, 0.25) is 5.02 Å². The zero-order valence-corrected chi connectivity index (χ0v) is 11.6. The molecule has 0 bridgehead atoms. The standard InChI is InChI=1S/C13H12Cl2O4/c1-18-11-8-10(15)7-9(3-4-12(16)17)13(11)19-6-2-5-14/h2-5,7-8H,6H2,1H3,(H,16,17)/b4-3+,5-2+. The maximum atomic E-state index is 10.6. The predicted molar refractivity (Wildman–Crippen MR) is 75.2 cm³/mol. The van der Waals surface area contributed by atoms with E-state index in [0.717, 1.165) is 6.08 Å². The molecule has 0 saturated carbocycles. The van der Waals surface area contributed by atoms with Gasteiger partial charge in [0, 0.05) is 28.3 Å². The van der Waals surface area contributed by atoms with E-state index in [1.165, 1.54) is 18.7 Å². The molecule has 0 aromatic heterocycles. The Kier molecular flexibility index (Phi) is 6.25. The predicted octanol–water partition coefficient (Wildman–Crippen LogP) is 3.58. The van der Waals surface area contributed by atoms with Crippen LogP contribution in [0.3, 0.4) is 0 Å². The van der Waals surface area contributed by atoms with E-state index >= 15 is 0 Å². The summed E-state index contributed by atoms with van der Waals surface area (Å²) in [5.74, 6) is -0.245. The molecular formula is C13H12Cl2O4. The third-order valence-electron chi connectivity index (χ3n) is 2.09. The molecule has 1 aromatic rings. The quantitative estimate of drug-likeness (QED) is 0.816. The molecule has 1 aromatic carbocycles. The average Bonchev–Trinajstić information content (AvgIpc) is 2.37. The first-order valence-corrected chi connectivity index (χ1v) is 6.06. The second kappa shape index (κ2) is 7.71. The van der Waals surface area contributed by atoms with E-state index in [1.54, 1.807) is 18.2 Å². The minimum absolute atomic E-state index is 0.232. The van der Waals surface area contributed by atoms with Crippen LogP contribution >= 0.6 is 23.2 Å². The number of hydrogen-bond acceptors (Lipinski definition) is 3. The van der Waals surface area contributed by atoms with Gasteiger partial charge in [-0.3, -0.25) is 0 Å². The van der Waals surface area contributed by atoms with Crippen molar-refractivity contribution in [1.29, 1.82) is 0 Å². The molecule has 0 saturated heterocycles. The molecule has 0 atom stereocenters. The van der Waals surface area contributed by atoms with Crippen molar-refractivity contribution in [3.8, 4) is 11.5 Å². The number of benzene rings is 1. The van der Waals surface area contributed by atoms with E-state index in [0.29, 0.717) is 22.1 Å². The van der Waals surface area contributed by atoms with E-state index in [4.69, 9.17) is 37.8 Å². The van der Waals surface area contributed by atoms with Gasteiger partial charge in [0.05, 0.1) is 7.11 Å². The first-order valence-electron chi connectivity index (χ1n) is 5.25. The lowest BCUT2D eigenvalue weighted by Crippen LogP contribution is -1.99. The van der Waals surface area contributed by atoms with E-state index in [1.807, 2.05) is 0 Å². The van der Waals surface area contributed by atoms with Crippen molar-refractivity contribution in [2.75, 3.05) is 13.7 Å². The fourth-order valence-electron chi connectivity index (χ4n) is 1.35. The minimum Gasteiger partial charge on any atom is -0.493 e. The Morgan fingerprint density at radius 3 is 2.79 bits per heavy atom. The van der Waals surface area contributed by atoms with Gasteiger partial charge in [-0.05, 0) is 18.2 Å². The van der Waals surface area contributed by atoms with Gasteiger partial charge < -0.3 is 14.6 Å². The Morgan fingerprint density at radius 1 is 1.47 bits per heavy atom. The van der Waals surface area contributed by atoms with Crippen molar-refractivity contribution < 1.29 is 19.4 Å². The SMILES string of the molecule is COc1cc(Cl)cc(/C=C/C(=O)O)c1OC/C=C/Cl. The molecule has 6 heteroatoms. The fourth-order valence-corrected chi connectivity index (χ4v) is 1.64. The molecule has 0 aliphatic heterocycles. The Labute approximate surface area is 120 Å². The summed E-state index contributed by atoms with van der Waals surface area (Å²) in [6.07, 6.45) is 3.98. The number of halogens is 2. The topological polar surface area (TPSA) is 55.8 Å². The van der Waals surface area contributed by atoms with Crippen LogP contribution in [0.25, 0.3) is 6.08 Å². The molecule has 0 amide bonds. The van der Waals surface area contributed by atoms with Crippen molar-refractivity contribution in [1.82, 2.24) is 0 Å². The van der Waals surface area contributed by atoms with Crippen molar-refractivity contribution in [3.05, 3.63) is 40.4 Å². The monoisotopic (exact) mass is 302 g/mol. The van der Waals surface area contributed by atoms with Gasteiger partial charge >= 0.3 is 5.97 Å². The van der Waals surface area contributed by atoms with Gasteiger partial charge in [0.2, 0.25) is 0 Å². The number of carbonyl (C=O) groups is 1. The molecule has 0 aliphatic carbocycles. The highest BCUT2D eigenvalue weighted by atomic mass is 35.5. The van der Waals surface area contributed by atoms with Gasteiger partial charge in [0.25, 0.3) is 0 Å². The molecule has 0 spiro atoms. The lowest BCUT2D eigenvalue weighted by atomic mass is 10.1. The summed E-state index contributed by atoms with van der Waals surface area (Å²) in [5.41, 5.74) is 1.84. The van der Waals surface area contributed by atoms with Crippen LogP contribution in [0.5, 0.6) is 11.5 Å². The zero-order chi connectivity index (χ0) is 14.3. The first kappa shape index (κ1) is 15.4. The zero-order valence-electron chi connectivity index (χ0n) is 10.1. The van der Waals surface area contributed by atoms with E-state index in [2.05, 4.69) is 0 Å². The fraction of sp³-hybridized carbons (Fsp3) is 0.154. The van der Waals surface area contributed by atoms with Crippen molar-refractivity contribution in [3.63, 3.8) is 0 Å². The number of ether oxygens (including phenoxy) is 2. The van der Waals surface area contributed by atoms with Crippen LogP contribution < -0.4 is 9.47 Å². The average molecular weight is 303 g/mol. The third-order valence-corrected chi connectivity index (χ3v) is 2.48. The van der Waals surface area contributed by atoms with Crippen molar-refractivity contribution in [2.24, 2.45) is 0 Å². The lowest BCUT2D eigenvalue weighted by molar-refractivity contribution is -0.131. The first-order chi connectivity index (χ1) is 9.08. The molecule has 19 heavy (non-hydrogen) atoms. The number of aliphatic carboxylic acids is 1. The van der Waals surface area contributed by atoms with Crippen LogP contribution in [0.4, 0.5) is 0 Å². The third kappa shape index (κ3) is 4.85. The minimum atomic E-state index is -1.06. The summed E-state index contributed by atoms with van der Waals surface area (Å²) in [4.78, 5) is 10.6. The number of hydrogen-bond donors (Lipinski definition) is 1. The summed E-state index contributed by atoms with van der Waals surface area (Å²) in [7, 11) is 1.47. The van der Waals surface area contributed by atoms with Crippen LogP contribution in [-0.2, 0) is 4.79 Å². The van der Waals surface area contributed by atoms with Crippen LogP contribution in [0, 0.1) is 0 Å². The largest absolute Gasteiger partial charge is 0.493 e. The Morgan fingerprint density at radius 2 is 2.21 bits per heavy atom. The molecule has 0 radical (unpaired) electrons. The van der Waals surface area contributed by atoms with E-state index in [-0.39, 0.29) is 6.61 Å². The highest BCUT2D eigenvalue weighted by Crippen LogP contribution is 2.35. The molecule has 0 unspecified atom stereocenters. The smallest absolute Gasteiger partial charge is 0.328 e. The summed E-state index contributed by atoms with van der Waals surface area (Å²) < 4.78 is 10.6. The lowest BCUT2D eigenvalue weighted by Gasteiger charge is -2.12. The van der Waals surface area contributed by atoms with Gasteiger partial charge in [-0.15, -0.1) is 0 Å². The van der Waals surface area contributed by atoms with E-state index < -0.39 is 5.97 Å². The summed E-state index contributed by atoms with van der Waals surface area (Å²) in [5, 5.41) is 9.07. The number of carboxylic acids is 1. The van der Waals surface area contributed by atoms with Crippen molar-refractivity contribution >= 4 is 35.2 Å². The number of rotatable bonds is 6. The van der Waals surface area contributed by atoms with Crippen LogP contribution in [0.15, 0.2) is 29.8 Å². The molecule has 1 N–H and O–H groups in total. The molecule has 0 fully saturated rings.